The molecule has 0 unspecified atom stereocenters. The molecular weight excluding hydrogens is 275 g/mol. The number of carboxylic acids is 1. The zero-order valence-electron chi connectivity index (χ0n) is 9.87. The molecule has 5 nitrogen and oxygen atoms in total. The molecule has 0 aliphatic heterocycles. The van der Waals surface area contributed by atoms with Crippen LogP contribution < -0.4 is 10.6 Å². The minimum absolute atomic E-state index is 0.0428. The highest BCUT2D eigenvalue weighted by Crippen LogP contribution is 2.45. The minimum atomic E-state index is -0.920. The van der Waals surface area contributed by atoms with Gasteiger partial charge in [-0.2, -0.15) is 0 Å². The van der Waals surface area contributed by atoms with Crippen molar-refractivity contribution in [2.45, 2.75) is 12.8 Å². The average molecular weight is 287 g/mol. The number of amides is 2. The molecule has 0 aromatic heterocycles. The normalized spacial score (nSPS) is 15.7. The van der Waals surface area contributed by atoms with Gasteiger partial charge in [-0.3, -0.25) is 4.79 Å². The predicted molar refractivity (Wildman–Crippen MR) is 67.7 cm³/mol. The molecule has 1 aliphatic carbocycles. The minimum Gasteiger partial charge on any atom is -0.481 e. The maximum absolute atomic E-state index is 13.0. The smallest absolute Gasteiger partial charge is 0.319 e. The van der Waals surface area contributed by atoms with Crippen LogP contribution in [0.4, 0.5) is 14.9 Å². The first-order chi connectivity index (χ1) is 8.93. The van der Waals surface area contributed by atoms with Gasteiger partial charge in [0.1, 0.15) is 5.82 Å². The molecule has 2 amide bonds. The lowest BCUT2D eigenvalue weighted by Gasteiger charge is -2.12. The van der Waals surface area contributed by atoms with E-state index in [9.17, 15) is 14.0 Å². The quantitative estimate of drug-likeness (QED) is 0.795. The fraction of sp³-hybridized carbons (Fsp3) is 0.333. The number of urea groups is 1. The van der Waals surface area contributed by atoms with Crippen molar-refractivity contribution < 1.29 is 19.1 Å². The van der Waals surface area contributed by atoms with Crippen molar-refractivity contribution in [2.24, 2.45) is 5.41 Å². The lowest BCUT2D eigenvalue weighted by atomic mass is 10.1. The number of carboxylic acid groups (broad SMARTS) is 1. The molecule has 102 valence electrons. The van der Waals surface area contributed by atoms with Crippen molar-refractivity contribution >= 4 is 29.3 Å². The van der Waals surface area contributed by atoms with Gasteiger partial charge in [-0.1, -0.05) is 11.6 Å². The summed E-state index contributed by atoms with van der Waals surface area (Å²) in [5.41, 5.74) is -0.706. The second-order valence-electron chi connectivity index (χ2n) is 4.52. The molecule has 0 radical (unpaired) electrons. The number of halogens is 2. The molecule has 19 heavy (non-hydrogen) atoms. The van der Waals surface area contributed by atoms with Crippen molar-refractivity contribution in [1.82, 2.24) is 5.32 Å². The molecular formula is C12H12ClFN2O3. The highest BCUT2D eigenvalue weighted by molar-refractivity contribution is 6.33. The number of rotatable bonds is 4. The Morgan fingerprint density at radius 1 is 1.42 bits per heavy atom. The van der Waals surface area contributed by atoms with Crippen LogP contribution in [0.5, 0.6) is 0 Å². The van der Waals surface area contributed by atoms with Crippen LogP contribution in [0.1, 0.15) is 12.8 Å². The van der Waals surface area contributed by atoms with Crippen LogP contribution in [-0.2, 0) is 4.79 Å². The SMILES string of the molecule is O=C(NCC1(C(=O)O)CC1)Nc1cc(F)ccc1Cl. The van der Waals surface area contributed by atoms with E-state index in [1.807, 2.05) is 0 Å². The summed E-state index contributed by atoms with van der Waals surface area (Å²) in [7, 11) is 0. The third-order valence-corrected chi connectivity index (χ3v) is 3.40. The Morgan fingerprint density at radius 3 is 2.68 bits per heavy atom. The second-order valence-corrected chi connectivity index (χ2v) is 4.92. The molecule has 0 heterocycles. The summed E-state index contributed by atoms with van der Waals surface area (Å²) in [6.45, 7) is 0.0428. The lowest BCUT2D eigenvalue weighted by molar-refractivity contribution is -0.143. The van der Waals surface area contributed by atoms with Crippen molar-refractivity contribution in [1.29, 1.82) is 0 Å². The third kappa shape index (κ3) is 3.14. The van der Waals surface area contributed by atoms with E-state index in [0.29, 0.717) is 12.8 Å². The van der Waals surface area contributed by atoms with Gasteiger partial charge < -0.3 is 15.7 Å². The Kier molecular flexibility index (Phi) is 3.61. The number of aliphatic carboxylic acids is 1. The summed E-state index contributed by atoms with van der Waals surface area (Å²) >= 11 is 5.79. The molecule has 2 rings (SSSR count). The Labute approximate surface area is 113 Å². The first-order valence-corrected chi connectivity index (χ1v) is 6.04. The van der Waals surface area contributed by atoms with E-state index in [1.54, 1.807) is 0 Å². The lowest BCUT2D eigenvalue weighted by Crippen LogP contribution is -2.36. The van der Waals surface area contributed by atoms with Gasteiger partial charge in [0, 0.05) is 6.54 Å². The van der Waals surface area contributed by atoms with Gasteiger partial charge in [0.15, 0.2) is 0 Å². The van der Waals surface area contributed by atoms with E-state index in [-0.39, 0.29) is 17.3 Å². The number of benzene rings is 1. The zero-order valence-corrected chi connectivity index (χ0v) is 10.6. The fourth-order valence-electron chi connectivity index (χ4n) is 1.63. The first-order valence-electron chi connectivity index (χ1n) is 5.66. The van der Waals surface area contributed by atoms with E-state index >= 15 is 0 Å². The molecule has 0 bridgehead atoms. The number of nitrogens with one attached hydrogen (secondary N) is 2. The monoisotopic (exact) mass is 286 g/mol. The van der Waals surface area contributed by atoms with Crippen LogP contribution in [-0.4, -0.2) is 23.7 Å². The van der Waals surface area contributed by atoms with Crippen LogP contribution in [0, 0.1) is 11.2 Å². The molecule has 1 saturated carbocycles. The Balaban J connectivity index is 1.91. The van der Waals surface area contributed by atoms with E-state index in [1.165, 1.54) is 12.1 Å². The number of carbonyl (C=O) groups is 2. The molecule has 7 heteroatoms. The van der Waals surface area contributed by atoms with Crippen molar-refractivity contribution in [3.63, 3.8) is 0 Å². The molecule has 0 saturated heterocycles. The molecule has 1 aromatic rings. The number of hydrogen-bond acceptors (Lipinski definition) is 2. The van der Waals surface area contributed by atoms with Gasteiger partial charge in [0.2, 0.25) is 0 Å². The topological polar surface area (TPSA) is 78.4 Å². The summed E-state index contributed by atoms with van der Waals surface area (Å²) in [5, 5.41) is 14.0. The Hall–Kier alpha value is -1.82. The fourth-order valence-corrected chi connectivity index (χ4v) is 1.79. The van der Waals surface area contributed by atoms with Gasteiger partial charge >= 0.3 is 12.0 Å². The highest BCUT2D eigenvalue weighted by atomic mass is 35.5. The average Bonchev–Trinajstić information content (AvgIpc) is 3.12. The van der Waals surface area contributed by atoms with Gasteiger partial charge in [-0.05, 0) is 31.0 Å². The zero-order chi connectivity index (χ0) is 14.0. The van der Waals surface area contributed by atoms with E-state index < -0.39 is 23.2 Å². The van der Waals surface area contributed by atoms with Crippen molar-refractivity contribution in [3.8, 4) is 0 Å². The number of carbonyl (C=O) groups excluding carboxylic acids is 1. The second kappa shape index (κ2) is 5.05. The molecule has 3 N–H and O–H groups in total. The maximum Gasteiger partial charge on any atom is 0.319 e. The molecule has 1 aliphatic rings. The summed E-state index contributed by atoms with van der Waals surface area (Å²) < 4.78 is 13.0. The van der Waals surface area contributed by atoms with E-state index in [4.69, 9.17) is 16.7 Å². The number of anilines is 1. The molecule has 0 spiro atoms. The highest BCUT2D eigenvalue weighted by Gasteiger charge is 2.50. The summed E-state index contributed by atoms with van der Waals surface area (Å²) in [4.78, 5) is 22.5. The van der Waals surface area contributed by atoms with E-state index in [2.05, 4.69) is 10.6 Å². The summed E-state index contributed by atoms with van der Waals surface area (Å²) in [5.74, 6) is -1.44. The van der Waals surface area contributed by atoms with Gasteiger partial charge in [-0.25, -0.2) is 9.18 Å². The van der Waals surface area contributed by atoms with Crippen LogP contribution >= 0.6 is 11.6 Å². The van der Waals surface area contributed by atoms with Gasteiger partial charge in [-0.15, -0.1) is 0 Å². The Bertz CT molecular complexity index is 532. The summed E-state index contributed by atoms with van der Waals surface area (Å²) in [6, 6.07) is 2.98. The van der Waals surface area contributed by atoms with E-state index in [0.717, 1.165) is 6.07 Å². The number of hydrogen-bond donors (Lipinski definition) is 3. The first kappa shape index (κ1) is 13.6. The summed E-state index contributed by atoms with van der Waals surface area (Å²) in [6.07, 6.45) is 1.09. The standard InChI is InChI=1S/C12H12ClFN2O3/c13-8-2-1-7(14)5-9(8)16-11(19)15-6-12(3-4-12)10(17)18/h1-2,5H,3-4,6H2,(H,17,18)(H2,15,16,19). The van der Waals surface area contributed by atoms with Crippen LogP contribution in [0.2, 0.25) is 5.02 Å². The predicted octanol–water partition coefficient (Wildman–Crippen LogP) is 2.47. The van der Waals surface area contributed by atoms with Crippen LogP contribution in [0.15, 0.2) is 18.2 Å². The van der Waals surface area contributed by atoms with Crippen LogP contribution in [0.25, 0.3) is 0 Å². The van der Waals surface area contributed by atoms with Crippen LogP contribution in [0.3, 0.4) is 0 Å². The third-order valence-electron chi connectivity index (χ3n) is 3.07. The van der Waals surface area contributed by atoms with Gasteiger partial charge in [0.05, 0.1) is 16.1 Å². The Morgan fingerprint density at radius 2 is 2.11 bits per heavy atom. The maximum atomic E-state index is 13.0. The van der Waals surface area contributed by atoms with Crippen molar-refractivity contribution in [2.75, 3.05) is 11.9 Å². The van der Waals surface area contributed by atoms with Crippen molar-refractivity contribution in [3.05, 3.63) is 29.0 Å². The van der Waals surface area contributed by atoms with Gasteiger partial charge in [0.25, 0.3) is 0 Å². The largest absolute Gasteiger partial charge is 0.481 e. The molecule has 1 aromatic carbocycles. The molecule has 0 atom stereocenters. The molecule has 1 fully saturated rings.